The van der Waals surface area contributed by atoms with Crippen LogP contribution in [0.4, 0.5) is 11.6 Å². The maximum Gasteiger partial charge on any atom is 0.269 e. The summed E-state index contributed by atoms with van der Waals surface area (Å²) in [4.78, 5) is 27.3. The third kappa shape index (κ3) is 4.12. The van der Waals surface area contributed by atoms with Gasteiger partial charge in [-0.25, -0.2) is 4.68 Å². The number of carbonyl (C=O) groups is 1. The Hall–Kier alpha value is -3.37. The molecule has 1 aromatic heterocycles. The van der Waals surface area contributed by atoms with Gasteiger partial charge in [-0.1, -0.05) is 41.6 Å². The van der Waals surface area contributed by atoms with Crippen molar-refractivity contribution in [2.75, 3.05) is 5.32 Å². The van der Waals surface area contributed by atoms with E-state index in [2.05, 4.69) is 15.4 Å². The zero-order chi connectivity index (χ0) is 22.1. The van der Waals surface area contributed by atoms with Gasteiger partial charge < -0.3 is 11.1 Å². The second-order valence-corrected chi connectivity index (χ2v) is 8.17. The molecule has 0 saturated heterocycles. The molecule has 1 amide bonds. The summed E-state index contributed by atoms with van der Waals surface area (Å²) in [6.07, 6.45) is 0. The Morgan fingerprint density at radius 3 is 2.65 bits per heavy atom. The number of primary amides is 1. The van der Waals surface area contributed by atoms with Gasteiger partial charge >= 0.3 is 0 Å². The van der Waals surface area contributed by atoms with Gasteiger partial charge in [0.15, 0.2) is 0 Å². The van der Waals surface area contributed by atoms with Crippen molar-refractivity contribution in [2.24, 2.45) is 5.73 Å². The monoisotopic (exact) mass is 456 g/mol. The number of hydrogen-bond acceptors (Lipinski definition) is 7. The number of benzene rings is 2. The van der Waals surface area contributed by atoms with Crippen molar-refractivity contribution in [1.29, 1.82) is 0 Å². The van der Waals surface area contributed by atoms with Crippen LogP contribution in [0.2, 0.25) is 5.02 Å². The predicted molar refractivity (Wildman–Crippen MR) is 118 cm³/mol. The van der Waals surface area contributed by atoms with Crippen molar-refractivity contribution in [1.82, 2.24) is 14.8 Å². The van der Waals surface area contributed by atoms with E-state index >= 15 is 0 Å². The lowest BCUT2D eigenvalue weighted by Crippen LogP contribution is -2.31. The molecule has 0 bridgehead atoms. The fourth-order valence-electron chi connectivity index (χ4n) is 3.36. The molecule has 2 heterocycles. The standard InChI is InChI=1S/C20H17ClN6O3S/c1-11-16(18(22)28)17(12-6-8-14(9-7-12)27(29)30)26-19(23-11)24-20(25-26)31-10-13-4-2-3-5-15(13)21/h2-9,17H,10H2,1H3,(H2,22,28)(H,23,24,25)/t17-/m0/s1. The second-order valence-electron chi connectivity index (χ2n) is 6.82. The van der Waals surface area contributed by atoms with E-state index in [9.17, 15) is 14.9 Å². The van der Waals surface area contributed by atoms with Crippen LogP contribution in [0.25, 0.3) is 0 Å². The lowest BCUT2D eigenvalue weighted by Gasteiger charge is -2.27. The molecule has 1 aliphatic heterocycles. The van der Waals surface area contributed by atoms with E-state index in [-0.39, 0.29) is 5.69 Å². The Bertz CT molecular complexity index is 1210. The van der Waals surface area contributed by atoms with Crippen LogP contribution < -0.4 is 11.1 Å². The number of carbonyl (C=O) groups excluding carboxylic acids is 1. The van der Waals surface area contributed by atoms with Crippen LogP contribution in [0.15, 0.2) is 65.0 Å². The first-order chi connectivity index (χ1) is 14.8. The molecule has 4 rings (SSSR count). The fourth-order valence-corrected chi connectivity index (χ4v) is 4.47. The molecule has 0 saturated carbocycles. The van der Waals surface area contributed by atoms with E-state index in [1.165, 1.54) is 23.9 Å². The molecule has 0 radical (unpaired) electrons. The molecule has 0 spiro atoms. The number of aromatic nitrogens is 3. The summed E-state index contributed by atoms with van der Waals surface area (Å²) in [6, 6.07) is 12.8. The second kappa shape index (κ2) is 8.40. The largest absolute Gasteiger partial charge is 0.366 e. The van der Waals surface area contributed by atoms with Gasteiger partial charge in [0.1, 0.15) is 6.04 Å². The van der Waals surface area contributed by atoms with Gasteiger partial charge in [0.25, 0.3) is 5.69 Å². The topological polar surface area (TPSA) is 129 Å². The Kier molecular flexibility index (Phi) is 5.66. The molecule has 2 aromatic carbocycles. The SMILES string of the molecule is CC1=C(C(N)=O)[C@H](c2ccc([N+](=O)[O-])cc2)n2nc(SCc3ccccc3Cl)nc2N1. The number of rotatable bonds is 6. The van der Waals surface area contributed by atoms with Gasteiger partial charge in [0.05, 0.1) is 10.5 Å². The van der Waals surface area contributed by atoms with Crippen LogP contribution in [0.1, 0.15) is 24.1 Å². The van der Waals surface area contributed by atoms with Crippen molar-refractivity contribution in [3.05, 3.63) is 86.1 Å². The number of allylic oxidation sites excluding steroid dienone is 1. The van der Waals surface area contributed by atoms with E-state index in [4.69, 9.17) is 17.3 Å². The molecular formula is C20H17ClN6O3S. The number of nitrogens with two attached hydrogens (primary N) is 1. The first-order valence-corrected chi connectivity index (χ1v) is 10.6. The molecule has 31 heavy (non-hydrogen) atoms. The van der Waals surface area contributed by atoms with Crippen molar-refractivity contribution in [2.45, 2.75) is 23.9 Å². The molecule has 9 nitrogen and oxygen atoms in total. The summed E-state index contributed by atoms with van der Waals surface area (Å²) >= 11 is 7.63. The van der Waals surface area contributed by atoms with E-state index in [1.807, 2.05) is 24.3 Å². The normalized spacial score (nSPS) is 15.4. The predicted octanol–water partition coefficient (Wildman–Crippen LogP) is 3.91. The average molecular weight is 457 g/mol. The summed E-state index contributed by atoms with van der Waals surface area (Å²) in [6.45, 7) is 1.73. The minimum atomic E-state index is -0.656. The highest BCUT2D eigenvalue weighted by Crippen LogP contribution is 2.37. The highest BCUT2D eigenvalue weighted by Gasteiger charge is 2.33. The van der Waals surface area contributed by atoms with Gasteiger partial charge in [-0.2, -0.15) is 4.98 Å². The highest BCUT2D eigenvalue weighted by molar-refractivity contribution is 7.98. The van der Waals surface area contributed by atoms with Crippen LogP contribution in [-0.2, 0) is 10.5 Å². The molecule has 1 aliphatic rings. The Balaban J connectivity index is 1.69. The Labute approximate surface area is 186 Å². The lowest BCUT2D eigenvalue weighted by atomic mass is 9.95. The molecule has 158 valence electrons. The summed E-state index contributed by atoms with van der Waals surface area (Å²) in [5.41, 5.74) is 8.06. The van der Waals surface area contributed by atoms with E-state index in [0.29, 0.717) is 38.7 Å². The molecular weight excluding hydrogens is 440 g/mol. The molecule has 0 unspecified atom stereocenters. The average Bonchev–Trinajstić information content (AvgIpc) is 3.14. The minimum absolute atomic E-state index is 0.0474. The van der Waals surface area contributed by atoms with E-state index in [1.54, 1.807) is 23.7 Å². The molecule has 1 atom stereocenters. The Morgan fingerprint density at radius 1 is 1.29 bits per heavy atom. The van der Waals surface area contributed by atoms with Crippen LogP contribution in [0, 0.1) is 10.1 Å². The summed E-state index contributed by atoms with van der Waals surface area (Å²) < 4.78 is 1.57. The van der Waals surface area contributed by atoms with Gasteiger partial charge in [-0.15, -0.1) is 5.10 Å². The number of non-ortho nitro benzene ring substituents is 1. The fraction of sp³-hybridized carbons (Fsp3) is 0.150. The van der Waals surface area contributed by atoms with Gasteiger partial charge in [0, 0.05) is 28.6 Å². The summed E-state index contributed by atoms with van der Waals surface area (Å²) in [5, 5.41) is 19.8. The smallest absolute Gasteiger partial charge is 0.269 e. The van der Waals surface area contributed by atoms with Crippen molar-refractivity contribution in [3.8, 4) is 0 Å². The zero-order valence-electron chi connectivity index (χ0n) is 16.3. The molecule has 3 aromatic rings. The molecule has 11 heteroatoms. The number of nitrogens with one attached hydrogen (secondary N) is 1. The number of anilines is 1. The number of halogens is 1. The van der Waals surface area contributed by atoms with Crippen LogP contribution in [0.5, 0.6) is 0 Å². The minimum Gasteiger partial charge on any atom is -0.366 e. The number of nitro groups is 1. The number of nitro benzene ring substituents is 1. The molecule has 3 N–H and O–H groups in total. The van der Waals surface area contributed by atoms with Gasteiger partial charge in [0.2, 0.25) is 17.0 Å². The van der Waals surface area contributed by atoms with E-state index < -0.39 is 16.9 Å². The maximum absolute atomic E-state index is 12.2. The number of amides is 1. The summed E-state index contributed by atoms with van der Waals surface area (Å²) in [5.74, 6) is 0.410. The quantitative estimate of drug-likeness (QED) is 0.327. The van der Waals surface area contributed by atoms with Crippen molar-refractivity contribution >= 4 is 40.9 Å². The van der Waals surface area contributed by atoms with Gasteiger partial charge in [-0.3, -0.25) is 14.9 Å². The first kappa shape index (κ1) is 20.9. The zero-order valence-corrected chi connectivity index (χ0v) is 17.9. The molecule has 0 fully saturated rings. The van der Waals surface area contributed by atoms with Crippen molar-refractivity contribution in [3.63, 3.8) is 0 Å². The first-order valence-electron chi connectivity index (χ1n) is 9.20. The third-order valence-electron chi connectivity index (χ3n) is 4.83. The van der Waals surface area contributed by atoms with Crippen molar-refractivity contribution < 1.29 is 9.72 Å². The Morgan fingerprint density at radius 2 is 2.00 bits per heavy atom. The number of hydrogen-bond donors (Lipinski definition) is 2. The summed E-state index contributed by atoms with van der Waals surface area (Å²) in [7, 11) is 0. The van der Waals surface area contributed by atoms with Crippen LogP contribution >= 0.6 is 23.4 Å². The highest BCUT2D eigenvalue weighted by atomic mass is 35.5. The molecule has 0 aliphatic carbocycles. The number of nitrogens with zero attached hydrogens (tertiary/aromatic N) is 4. The van der Waals surface area contributed by atoms with E-state index in [0.717, 1.165) is 5.56 Å². The lowest BCUT2D eigenvalue weighted by molar-refractivity contribution is -0.384. The van der Waals surface area contributed by atoms with Crippen LogP contribution in [-0.4, -0.2) is 25.6 Å². The maximum atomic E-state index is 12.2. The van der Waals surface area contributed by atoms with Gasteiger partial charge in [-0.05, 0) is 36.2 Å². The van der Waals surface area contributed by atoms with Crippen LogP contribution in [0.3, 0.4) is 0 Å². The number of fused-ring (bicyclic) bond motifs is 1. The third-order valence-corrected chi connectivity index (χ3v) is 6.09. The number of thioether (sulfide) groups is 1.